The molecule has 0 radical (unpaired) electrons. The summed E-state index contributed by atoms with van der Waals surface area (Å²) in [5.74, 6) is 0.375. The Bertz CT molecular complexity index is 472. The summed E-state index contributed by atoms with van der Waals surface area (Å²) in [6.07, 6.45) is 3.81. The Morgan fingerprint density at radius 2 is 2.05 bits per heavy atom. The molecule has 1 aliphatic carbocycles. The molecule has 0 amide bonds. The third kappa shape index (κ3) is 3.91. The van der Waals surface area contributed by atoms with E-state index in [0.717, 1.165) is 25.7 Å². The van der Waals surface area contributed by atoms with Gasteiger partial charge < -0.3 is 9.84 Å². The van der Waals surface area contributed by atoms with E-state index in [1.807, 2.05) is 0 Å². The number of nitro benzene ring substituents is 1. The first-order valence-corrected chi connectivity index (χ1v) is 7.13. The molecule has 0 spiro atoms. The zero-order chi connectivity index (χ0) is 14.5. The molecule has 1 N–H and O–H groups in total. The predicted molar refractivity (Wildman–Crippen MR) is 75.7 cm³/mol. The van der Waals surface area contributed by atoms with Gasteiger partial charge in [0.1, 0.15) is 0 Å². The quantitative estimate of drug-likeness (QED) is 0.668. The van der Waals surface area contributed by atoms with Crippen LogP contribution in [0.1, 0.15) is 31.2 Å². The van der Waals surface area contributed by atoms with Crippen LogP contribution in [-0.2, 0) is 11.3 Å². The standard InChI is InChI=1S/C14H18ClNO4/c15-12-4-3-11(14(7-12)16(18)19)9-20-13-5-1-10(8-17)2-6-13/h3-4,7,10,13,17H,1-2,5-6,8-9H2. The van der Waals surface area contributed by atoms with Crippen LogP contribution in [0.2, 0.25) is 5.02 Å². The van der Waals surface area contributed by atoms with Crippen LogP contribution in [0.15, 0.2) is 18.2 Å². The monoisotopic (exact) mass is 299 g/mol. The number of ether oxygens (including phenoxy) is 1. The number of halogens is 1. The van der Waals surface area contributed by atoms with Gasteiger partial charge in [0, 0.05) is 17.7 Å². The second kappa shape index (κ2) is 7.02. The van der Waals surface area contributed by atoms with Crippen molar-refractivity contribution in [3.63, 3.8) is 0 Å². The maximum Gasteiger partial charge on any atom is 0.276 e. The van der Waals surface area contributed by atoms with Gasteiger partial charge in [0.2, 0.25) is 0 Å². The van der Waals surface area contributed by atoms with Gasteiger partial charge in [-0.15, -0.1) is 0 Å². The van der Waals surface area contributed by atoms with Gasteiger partial charge in [-0.05, 0) is 43.7 Å². The summed E-state index contributed by atoms with van der Waals surface area (Å²) >= 11 is 5.77. The van der Waals surface area contributed by atoms with Crippen molar-refractivity contribution >= 4 is 17.3 Å². The summed E-state index contributed by atoms with van der Waals surface area (Å²) < 4.78 is 5.76. The van der Waals surface area contributed by atoms with Gasteiger partial charge in [-0.2, -0.15) is 0 Å². The second-order valence-electron chi connectivity index (χ2n) is 5.17. The van der Waals surface area contributed by atoms with E-state index in [-0.39, 0.29) is 25.0 Å². The van der Waals surface area contributed by atoms with E-state index in [4.69, 9.17) is 21.4 Å². The molecule has 0 heterocycles. The van der Waals surface area contributed by atoms with Crippen molar-refractivity contribution in [1.82, 2.24) is 0 Å². The molecule has 0 atom stereocenters. The topological polar surface area (TPSA) is 72.6 Å². The summed E-state index contributed by atoms with van der Waals surface area (Å²) in [6, 6.07) is 4.62. The fraction of sp³-hybridized carbons (Fsp3) is 0.571. The van der Waals surface area contributed by atoms with Gasteiger partial charge in [0.15, 0.2) is 0 Å². The maximum absolute atomic E-state index is 11.0. The van der Waals surface area contributed by atoms with Crippen LogP contribution < -0.4 is 0 Å². The summed E-state index contributed by atoms with van der Waals surface area (Å²) in [7, 11) is 0. The van der Waals surface area contributed by atoms with Crippen LogP contribution in [0.3, 0.4) is 0 Å². The zero-order valence-corrected chi connectivity index (χ0v) is 11.9. The molecule has 0 aromatic heterocycles. The van der Waals surface area contributed by atoms with Crippen LogP contribution in [-0.4, -0.2) is 22.7 Å². The third-order valence-corrected chi connectivity index (χ3v) is 4.01. The molecule has 6 heteroatoms. The lowest BCUT2D eigenvalue weighted by Crippen LogP contribution is -2.23. The minimum atomic E-state index is -0.437. The van der Waals surface area contributed by atoms with E-state index >= 15 is 0 Å². The van der Waals surface area contributed by atoms with Crippen molar-refractivity contribution in [3.8, 4) is 0 Å². The van der Waals surface area contributed by atoms with Crippen molar-refractivity contribution in [2.24, 2.45) is 5.92 Å². The lowest BCUT2D eigenvalue weighted by atomic mass is 9.88. The number of nitro groups is 1. The highest BCUT2D eigenvalue weighted by atomic mass is 35.5. The first-order chi connectivity index (χ1) is 9.60. The first-order valence-electron chi connectivity index (χ1n) is 6.75. The normalized spacial score (nSPS) is 22.7. The maximum atomic E-state index is 11.0. The van der Waals surface area contributed by atoms with Gasteiger partial charge in [-0.3, -0.25) is 10.1 Å². The number of hydrogen-bond donors (Lipinski definition) is 1. The summed E-state index contributed by atoms with van der Waals surface area (Å²) in [4.78, 5) is 10.5. The van der Waals surface area contributed by atoms with Gasteiger partial charge in [0.25, 0.3) is 5.69 Å². The molecular weight excluding hydrogens is 282 g/mol. The second-order valence-corrected chi connectivity index (χ2v) is 5.60. The average Bonchev–Trinajstić information content (AvgIpc) is 2.46. The largest absolute Gasteiger partial charge is 0.396 e. The van der Waals surface area contributed by atoms with Gasteiger partial charge in [0.05, 0.1) is 23.2 Å². The Hall–Kier alpha value is -1.17. The van der Waals surface area contributed by atoms with Gasteiger partial charge in [-0.1, -0.05) is 11.6 Å². The highest BCUT2D eigenvalue weighted by molar-refractivity contribution is 6.30. The molecule has 0 bridgehead atoms. The average molecular weight is 300 g/mol. The molecule has 5 nitrogen and oxygen atoms in total. The SMILES string of the molecule is O=[N+]([O-])c1cc(Cl)ccc1COC1CCC(CO)CC1. The molecule has 1 saturated carbocycles. The molecule has 1 aromatic carbocycles. The number of nitrogens with zero attached hydrogens (tertiary/aromatic N) is 1. The van der Waals surface area contributed by atoms with E-state index < -0.39 is 4.92 Å². The van der Waals surface area contributed by atoms with Crippen molar-refractivity contribution in [1.29, 1.82) is 0 Å². The van der Waals surface area contributed by atoms with Gasteiger partial charge in [-0.25, -0.2) is 0 Å². The fourth-order valence-electron chi connectivity index (χ4n) is 2.52. The Labute approximate surface area is 122 Å². The number of aliphatic hydroxyl groups is 1. The predicted octanol–water partition coefficient (Wildman–Crippen LogP) is 3.32. The molecule has 2 rings (SSSR count). The van der Waals surface area contributed by atoms with Crippen LogP contribution in [0.5, 0.6) is 0 Å². The van der Waals surface area contributed by atoms with E-state index in [2.05, 4.69) is 0 Å². The minimum Gasteiger partial charge on any atom is -0.396 e. The Morgan fingerprint density at radius 3 is 2.65 bits per heavy atom. The van der Waals surface area contributed by atoms with Crippen molar-refractivity contribution in [2.75, 3.05) is 6.61 Å². The van der Waals surface area contributed by atoms with Crippen LogP contribution in [0.25, 0.3) is 0 Å². The number of benzene rings is 1. The number of hydrogen-bond acceptors (Lipinski definition) is 4. The van der Waals surface area contributed by atoms with Crippen LogP contribution in [0, 0.1) is 16.0 Å². The highest BCUT2D eigenvalue weighted by Crippen LogP contribution is 2.28. The Morgan fingerprint density at radius 1 is 1.35 bits per heavy atom. The Balaban J connectivity index is 1.93. The molecule has 1 fully saturated rings. The third-order valence-electron chi connectivity index (χ3n) is 3.77. The van der Waals surface area contributed by atoms with E-state index in [1.165, 1.54) is 6.07 Å². The molecular formula is C14H18ClNO4. The summed E-state index contributed by atoms with van der Waals surface area (Å²) in [5, 5.41) is 20.4. The van der Waals surface area contributed by atoms with Gasteiger partial charge >= 0.3 is 0 Å². The molecule has 1 aromatic rings. The molecule has 0 aliphatic heterocycles. The number of aliphatic hydroxyl groups excluding tert-OH is 1. The lowest BCUT2D eigenvalue weighted by molar-refractivity contribution is -0.386. The minimum absolute atomic E-state index is 0.00143. The highest BCUT2D eigenvalue weighted by Gasteiger charge is 2.22. The van der Waals surface area contributed by atoms with Crippen molar-refractivity contribution in [3.05, 3.63) is 38.9 Å². The molecule has 20 heavy (non-hydrogen) atoms. The Kier molecular flexibility index (Phi) is 5.34. The van der Waals surface area contributed by atoms with Crippen molar-refractivity contribution in [2.45, 2.75) is 38.4 Å². The van der Waals surface area contributed by atoms with Crippen LogP contribution in [0.4, 0.5) is 5.69 Å². The first kappa shape index (κ1) is 15.2. The smallest absolute Gasteiger partial charge is 0.276 e. The summed E-state index contributed by atoms with van der Waals surface area (Å²) in [6.45, 7) is 0.456. The molecule has 0 saturated heterocycles. The fourth-order valence-corrected chi connectivity index (χ4v) is 2.68. The van der Waals surface area contributed by atoms with E-state index in [1.54, 1.807) is 12.1 Å². The molecule has 1 aliphatic rings. The van der Waals surface area contributed by atoms with E-state index in [9.17, 15) is 10.1 Å². The van der Waals surface area contributed by atoms with Crippen LogP contribution >= 0.6 is 11.6 Å². The van der Waals surface area contributed by atoms with E-state index in [0.29, 0.717) is 16.5 Å². The molecule has 0 unspecified atom stereocenters. The van der Waals surface area contributed by atoms with Crippen molar-refractivity contribution < 1.29 is 14.8 Å². The zero-order valence-electron chi connectivity index (χ0n) is 11.1. The number of rotatable bonds is 5. The molecule has 110 valence electrons. The summed E-state index contributed by atoms with van der Waals surface area (Å²) in [5.41, 5.74) is 0.547. The lowest BCUT2D eigenvalue weighted by Gasteiger charge is -2.27.